The molecular weight excluding hydrogens is 464 g/mol. The van der Waals surface area contributed by atoms with E-state index in [1.54, 1.807) is 7.11 Å². The van der Waals surface area contributed by atoms with Gasteiger partial charge in [-0.2, -0.15) is 0 Å². The van der Waals surface area contributed by atoms with Gasteiger partial charge in [0.15, 0.2) is 5.82 Å². The van der Waals surface area contributed by atoms with E-state index in [9.17, 15) is 4.79 Å². The van der Waals surface area contributed by atoms with Crippen LogP contribution in [0.25, 0.3) is 10.9 Å². The Bertz CT molecular complexity index is 1360. The van der Waals surface area contributed by atoms with Crippen LogP contribution in [0.15, 0.2) is 59.4 Å². The van der Waals surface area contributed by atoms with Crippen LogP contribution in [0.2, 0.25) is 0 Å². The van der Waals surface area contributed by atoms with Gasteiger partial charge in [0.2, 0.25) is 0 Å². The van der Waals surface area contributed by atoms with Gasteiger partial charge in [-0.05, 0) is 65.3 Å². The van der Waals surface area contributed by atoms with Crippen LogP contribution >= 0.6 is 0 Å². The number of hydrogen-bond donors (Lipinski definition) is 1. The van der Waals surface area contributed by atoms with E-state index in [4.69, 9.17) is 4.74 Å². The Labute approximate surface area is 217 Å². The second kappa shape index (κ2) is 11.7. The summed E-state index contributed by atoms with van der Waals surface area (Å²) >= 11 is 0. The number of aryl methyl sites for hydroxylation is 2. The lowest BCUT2D eigenvalue weighted by molar-refractivity contribution is 0.0841. The lowest BCUT2D eigenvalue weighted by Crippen LogP contribution is -2.41. The van der Waals surface area contributed by atoms with Crippen LogP contribution in [-0.2, 0) is 19.5 Å². The number of nitrogens with one attached hydrogen (secondary N) is 1. The Morgan fingerprint density at radius 1 is 1.11 bits per heavy atom. The van der Waals surface area contributed by atoms with E-state index in [-0.39, 0.29) is 11.6 Å². The second-order valence-corrected chi connectivity index (χ2v) is 9.96. The fourth-order valence-corrected chi connectivity index (χ4v) is 5.63. The Hall–Kier alpha value is -3.52. The largest absolute Gasteiger partial charge is 0.497 e. The molecule has 0 saturated heterocycles. The zero-order valence-electron chi connectivity index (χ0n) is 21.8. The lowest BCUT2D eigenvalue weighted by Gasteiger charge is -2.39. The maximum absolute atomic E-state index is 13.2. The quantitative estimate of drug-likeness (QED) is 0.328. The van der Waals surface area contributed by atoms with Gasteiger partial charge >= 0.3 is 0 Å². The highest BCUT2D eigenvalue weighted by atomic mass is 16.5. The second-order valence-electron chi connectivity index (χ2n) is 9.96. The number of hydrogen-bond acceptors (Lipinski definition) is 6. The zero-order valence-corrected chi connectivity index (χ0v) is 21.8. The minimum atomic E-state index is -0.0555. The first kappa shape index (κ1) is 25.1. The van der Waals surface area contributed by atoms with E-state index in [0.717, 1.165) is 60.3 Å². The van der Waals surface area contributed by atoms with E-state index in [1.165, 1.54) is 24.8 Å². The summed E-state index contributed by atoms with van der Waals surface area (Å²) in [5.41, 5.74) is 2.76. The summed E-state index contributed by atoms with van der Waals surface area (Å²) in [6.45, 7) is 3.47. The number of aromatic nitrogens is 5. The van der Waals surface area contributed by atoms with Crippen LogP contribution < -0.4 is 10.3 Å². The summed E-state index contributed by atoms with van der Waals surface area (Å²) in [4.78, 5) is 18.8. The fourth-order valence-electron chi connectivity index (χ4n) is 5.63. The molecule has 8 nitrogen and oxygen atoms in total. The van der Waals surface area contributed by atoms with Crippen molar-refractivity contribution in [2.24, 2.45) is 0 Å². The first-order valence-electron chi connectivity index (χ1n) is 13.4. The van der Waals surface area contributed by atoms with E-state index < -0.39 is 0 Å². The molecule has 4 aromatic rings. The molecule has 0 bridgehead atoms. The highest BCUT2D eigenvalue weighted by molar-refractivity contribution is 5.80. The number of tetrazole rings is 1. The van der Waals surface area contributed by atoms with Gasteiger partial charge in [0.25, 0.3) is 5.56 Å². The van der Waals surface area contributed by atoms with E-state index >= 15 is 0 Å². The molecule has 0 unspecified atom stereocenters. The maximum Gasteiger partial charge on any atom is 0.252 e. The fraction of sp³-hybridized carbons (Fsp3) is 0.448. The molecule has 1 saturated carbocycles. The number of rotatable bonds is 10. The van der Waals surface area contributed by atoms with Gasteiger partial charge in [0.05, 0.1) is 18.7 Å². The van der Waals surface area contributed by atoms with Crippen molar-refractivity contribution < 1.29 is 4.74 Å². The molecule has 37 heavy (non-hydrogen) atoms. The highest BCUT2D eigenvalue weighted by Crippen LogP contribution is 2.33. The number of pyridine rings is 1. The van der Waals surface area contributed by atoms with Crippen LogP contribution in [-0.4, -0.2) is 43.2 Å². The molecule has 2 aromatic heterocycles. The number of nitrogens with zero attached hydrogens (tertiary/aromatic N) is 5. The standard InChI is InChI=1S/C29H36N6O2/c1-3-27(28-31-32-33-35(28)17-16-21-10-6-4-7-11-21)34(24-12-8-5-9-13-24)20-23-18-22-14-15-25(37-2)19-26(22)30-29(23)36/h4,6-7,10-11,14-15,18-19,24,27H,3,5,8-9,12-13,16-17,20H2,1-2H3,(H,30,36)/t27-/m1/s1. The van der Waals surface area contributed by atoms with Crippen LogP contribution in [0.5, 0.6) is 5.75 Å². The molecule has 0 spiro atoms. The number of methoxy groups -OCH3 is 1. The maximum atomic E-state index is 13.2. The van der Waals surface area contributed by atoms with Crippen molar-refractivity contribution in [1.82, 2.24) is 30.1 Å². The predicted molar refractivity (Wildman–Crippen MR) is 145 cm³/mol. The minimum Gasteiger partial charge on any atom is -0.497 e. The van der Waals surface area contributed by atoms with Crippen molar-refractivity contribution >= 4 is 10.9 Å². The van der Waals surface area contributed by atoms with E-state index in [0.29, 0.717) is 12.6 Å². The van der Waals surface area contributed by atoms with Crippen LogP contribution in [0, 0.1) is 0 Å². The third-order valence-corrected chi connectivity index (χ3v) is 7.63. The monoisotopic (exact) mass is 500 g/mol. The Morgan fingerprint density at radius 2 is 1.92 bits per heavy atom. The molecule has 0 aliphatic heterocycles. The van der Waals surface area contributed by atoms with Gasteiger partial charge in [0, 0.05) is 30.8 Å². The number of fused-ring (bicyclic) bond motifs is 1. The molecule has 0 radical (unpaired) electrons. The molecule has 1 N–H and O–H groups in total. The van der Waals surface area contributed by atoms with Crippen LogP contribution in [0.1, 0.15) is 68.4 Å². The number of H-pyrrole nitrogens is 1. The Morgan fingerprint density at radius 3 is 2.68 bits per heavy atom. The lowest BCUT2D eigenvalue weighted by atomic mass is 9.92. The summed E-state index contributed by atoms with van der Waals surface area (Å²) in [5.74, 6) is 1.61. The molecular formula is C29H36N6O2. The molecule has 194 valence electrons. The first-order valence-corrected chi connectivity index (χ1v) is 13.4. The summed E-state index contributed by atoms with van der Waals surface area (Å²) < 4.78 is 7.28. The third kappa shape index (κ3) is 5.74. The average molecular weight is 501 g/mol. The van der Waals surface area contributed by atoms with E-state index in [1.807, 2.05) is 35.0 Å². The van der Waals surface area contributed by atoms with Gasteiger partial charge in [0.1, 0.15) is 5.75 Å². The topological polar surface area (TPSA) is 88.9 Å². The van der Waals surface area contributed by atoms with Crippen LogP contribution in [0.3, 0.4) is 0 Å². The molecule has 2 aromatic carbocycles. The molecule has 0 amide bonds. The van der Waals surface area contributed by atoms with Crippen LogP contribution in [0.4, 0.5) is 0 Å². The Kier molecular flexibility index (Phi) is 7.94. The normalized spacial score (nSPS) is 15.3. The van der Waals surface area contributed by atoms with Crippen molar-refractivity contribution in [2.75, 3.05) is 7.11 Å². The number of aromatic amines is 1. The average Bonchev–Trinajstić information content (AvgIpc) is 3.41. The summed E-state index contributed by atoms with van der Waals surface area (Å²) in [7, 11) is 1.63. The molecule has 1 aliphatic rings. The molecule has 1 atom stereocenters. The van der Waals surface area contributed by atoms with Gasteiger partial charge in [-0.1, -0.05) is 56.5 Å². The number of ether oxygens (including phenoxy) is 1. The molecule has 2 heterocycles. The minimum absolute atomic E-state index is 0.0276. The molecule has 5 rings (SSSR count). The SMILES string of the molecule is CC[C@H](c1nnnn1CCc1ccccc1)N(Cc1cc2ccc(OC)cc2[nH]c1=O)C1CCCCC1. The van der Waals surface area contributed by atoms with Crippen molar-refractivity contribution in [3.05, 3.63) is 81.9 Å². The van der Waals surface area contributed by atoms with Gasteiger partial charge in [-0.25, -0.2) is 4.68 Å². The molecule has 1 aliphatic carbocycles. The van der Waals surface area contributed by atoms with E-state index in [2.05, 4.69) is 56.6 Å². The highest BCUT2D eigenvalue weighted by Gasteiger charge is 2.32. The van der Waals surface area contributed by atoms with Crippen molar-refractivity contribution in [3.63, 3.8) is 0 Å². The zero-order chi connectivity index (χ0) is 25.6. The van der Waals surface area contributed by atoms with Crippen molar-refractivity contribution in [3.8, 4) is 5.75 Å². The summed E-state index contributed by atoms with van der Waals surface area (Å²) in [6, 6.07) is 18.7. The predicted octanol–water partition coefficient (Wildman–Crippen LogP) is 5.05. The van der Waals surface area contributed by atoms with Crippen molar-refractivity contribution in [2.45, 2.75) is 77.0 Å². The summed E-state index contributed by atoms with van der Waals surface area (Å²) in [5, 5.41) is 13.9. The molecule has 1 fully saturated rings. The van der Waals surface area contributed by atoms with Gasteiger partial charge in [-0.3, -0.25) is 9.69 Å². The number of benzene rings is 2. The Balaban J connectivity index is 1.45. The van der Waals surface area contributed by atoms with Gasteiger partial charge in [-0.15, -0.1) is 5.10 Å². The smallest absolute Gasteiger partial charge is 0.252 e. The van der Waals surface area contributed by atoms with Crippen molar-refractivity contribution in [1.29, 1.82) is 0 Å². The van der Waals surface area contributed by atoms with Gasteiger partial charge < -0.3 is 9.72 Å². The molecule has 8 heteroatoms. The summed E-state index contributed by atoms with van der Waals surface area (Å²) in [6.07, 6.45) is 7.69. The first-order chi connectivity index (χ1) is 18.2. The third-order valence-electron chi connectivity index (χ3n) is 7.63.